The van der Waals surface area contributed by atoms with E-state index in [1.54, 1.807) is 0 Å². The molecule has 0 spiro atoms. The Labute approximate surface area is 130 Å². The molecule has 2 rings (SSSR count). The Hall–Kier alpha value is -0.890. The van der Waals surface area contributed by atoms with Gasteiger partial charge in [0, 0.05) is 18.3 Å². The molecule has 1 aliphatic rings. The summed E-state index contributed by atoms with van der Waals surface area (Å²) in [6.45, 7) is 4.41. The molecule has 1 fully saturated rings. The van der Waals surface area contributed by atoms with Crippen LogP contribution in [0.2, 0.25) is 0 Å². The van der Waals surface area contributed by atoms with Crippen molar-refractivity contribution < 1.29 is 5.11 Å². The minimum absolute atomic E-state index is 0.211. The molecule has 1 N–H and O–H groups in total. The van der Waals surface area contributed by atoms with Gasteiger partial charge in [0.05, 0.1) is 6.10 Å². The minimum Gasteiger partial charge on any atom is -0.392 e. The lowest BCUT2D eigenvalue weighted by Gasteiger charge is -2.31. The number of pyridine rings is 1. The van der Waals surface area contributed by atoms with Gasteiger partial charge in [-0.2, -0.15) is 0 Å². The summed E-state index contributed by atoms with van der Waals surface area (Å²) in [6.07, 6.45) is 12.6. The van der Waals surface area contributed by atoms with Gasteiger partial charge in [-0.25, -0.2) is 0 Å². The molecular formula is C19H31NO. The van der Waals surface area contributed by atoms with Gasteiger partial charge in [-0.05, 0) is 42.7 Å². The number of aryl methyl sites for hydroxylation is 1. The van der Waals surface area contributed by atoms with Crippen molar-refractivity contribution in [3.05, 3.63) is 29.6 Å². The van der Waals surface area contributed by atoms with Gasteiger partial charge in [0.1, 0.15) is 0 Å². The third-order valence-corrected chi connectivity index (χ3v) is 5.11. The Morgan fingerprint density at radius 3 is 2.52 bits per heavy atom. The number of aliphatic hydroxyl groups excluding tert-OH is 1. The highest BCUT2D eigenvalue weighted by atomic mass is 16.3. The zero-order chi connectivity index (χ0) is 15.1. The van der Waals surface area contributed by atoms with E-state index in [0.29, 0.717) is 12.3 Å². The number of aromatic nitrogens is 1. The lowest BCUT2D eigenvalue weighted by atomic mass is 9.77. The second-order valence-corrected chi connectivity index (χ2v) is 6.71. The molecule has 1 aromatic heterocycles. The molecular weight excluding hydrogens is 258 g/mol. The lowest BCUT2D eigenvalue weighted by molar-refractivity contribution is 0.0719. The highest BCUT2D eigenvalue weighted by Gasteiger charge is 2.26. The van der Waals surface area contributed by atoms with Crippen molar-refractivity contribution in [2.45, 2.75) is 77.7 Å². The third-order valence-electron chi connectivity index (χ3n) is 5.11. The maximum Gasteiger partial charge on any atom is 0.0623 e. The second-order valence-electron chi connectivity index (χ2n) is 6.71. The number of nitrogens with zero attached hydrogens (tertiary/aromatic N) is 1. The van der Waals surface area contributed by atoms with Crippen LogP contribution in [0.15, 0.2) is 18.3 Å². The van der Waals surface area contributed by atoms with E-state index in [0.717, 1.165) is 18.0 Å². The zero-order valence-corrected chi connectivity index (χ0v) is 13.7. The quantitative estimate of drug-likeness (QED) is 0.799. The molecule has 1 saturated carbocycles. The van der Waals surface area contributed by atoms with E-state index in [9.17, 15) is 5.11 Å². The summed E-state index contributed by atoms with van der Waals surface area (Å²) >= 11 is 0. The number of unbranched alkanes of at least 4 members (excludes halogenated alkanes) is 1. The average molecular weight is 289 g/mol. The summed E-state index contributed by atoms with van der Waals surface area (Å²) in [6, 6.07) is 4.21. The Bertz CT molecular complexity index is 393. The van der Waals surface area contributed by atoms with E-state index in [4.69, 9.17) is 0 Å². The predicted molar refractivity (Wildman–Crippen MR) is 88.3 cm³/mol. The predicted octanol–water partition coefficient (Wildman–Crippen LogP) is 4.54. The van der Waals surface area contributed by atoms with Crippen LogP contribution in [0.4, 0.5) is 0 Å². The summed E-state index contributed by atoms with van der Waals surface area (Å²) in [7, 11) is 0. The van der Waals surface area contributed by atoms with Crippen molar-refractivity contribution >= 4 is 0 Å². The van der Waals surface area contributed by atoms with Gasteiger partial charge >= 0.3 is 0 Å². The van der Waals surface area contributed by atoms with Gasteiger partial charge < -0.3 is 5.11 Å². The van der Waals surface area contributed by atoms with Crippen molar-refractivity contribution in [2.75, 3.05) is 0 Å². The molecule has 0 amide bonds. The first-order valence-electron chi connectivity index (χ1n) is 8.84. The largest absolute Gasteiger partial charge is 0.392 e. The summed E-state index contributed by atoms with van der Waals surface area (Å²) < 4.78 is 0. The van der Waals surface area contributed by atoms with Crippen molar-refractivity contribution in [1.29, 1.82) is 0 Å². The van der Waals surface area contributed by atoms with Crippen LogP contribution < -0.4 is 0 Å². The summed E-state index contributed by atoms with van der Waals surface area (Å²) in [5.74, 6) is 1.39. The smallest absolute Gasteiger partial charge is 0.0623 e. The monoisotopic (exact) mass is 289 g/mol. The van der Waals surface area contributed by atoms with E-state index in [2.05, 4.69) is 31.0 Å². The summed E-state index contributed by atoms with van der Waals surface area (Å²) in [4.78, 5) is 4.48. The third kappa shape index (κ3) is 5.10. The summed E-state index contributed by atoms with van der Waals surface area (Å²) in [5, 5.41) is 10.5. The highest BCUT2D eigenvalue weighted by Crippen LogP contribution is 2.34. The SMILES string of the molecule is CCCCC1CCC(C(O)Cc2ccc(CC)cn2)CC1. The van der Waals surface area contributed by atoms with E-state index in [-0.39, 0.29) is 6.10 Å². The van der Waals surface area contributed by atoms with Crippen LogP contribution in [0.3, 0.4) is 0 Å². The number of aliphatic hydroxyl groups is 1. The molecule has 1 heterocycles. The molecule has 21 heavy (non-hydrogen) atoms. The Kier molecular flexibility index (Phi) is 6.69. The number of hydrogen-bond acceptors (Lipinski definition) is 2. The van der Waals surface area contributed by atoms with E-state index in [1.165, 1.54) is 50.5 Å². The molecule has 2 nitrogen and oxygen atoms in total. The second kappa shape index (κ2) is 8.53. The first kappa shape index (κ1) is 16.5. The summed E-state index contributed by atoms with van der Waals surface area (Å²) in [5.41, 5.74) is 2.30. The fourth-order valence-corrected chi connectivity index (χ4v) is 3.52. The standard InChI is InChI=1S/C19H31NO/c1-3-5-6-16-7-10-17(11-8-16)19(21)13-18-12-9-15(4-2)14-20-18/h9,12,14,16-17,19,21H,3-8,10-11,13H2,1-2H3. The molecule has 1 aliphatic carbocycles. The maximum absolute atomic E-state index is 10.5. The molecule has 0 saturated heterocycles. The first-order chi connectivity index (χ1) is 10.2. The normalized spacial score (nSPS) is 24.0. The van der Waals surface area contributed by atoms with Crippen molar-refractivity contribution in [3.63, 3.8) is 0 Å². The molecule has 0 bridgehead atoms. The van der Waals surface area contributed by atoms with Crippen LogP contribution in [0.5, 0.6) is 0 Å². The van der Waals surface area contributed by atoms with Crippen LogP contribution in [0, 0.1) is 11.8 Å². The average Bonchev–Trinajstić information content (AvgIpc) is 2.54. The molecule has 0 aromatic carbocycles. The van der Waals surface area contributed by atoms with Gasteiger partial charge in [0.15, 0.2) is 0 Å². The highest BCUT2D eigenvalue weighted by molar-refractivity contribution is 5.14. The van der Waals surface area contributed by atoms with E-state index >= 15 is 0 Å². The molecule has 2 heteroatoms. The van der Waals surface area contributed by atoms with Crippen molar-refractivity contribution in [1.82, 2.24) is 4.98 Å². The maximum atomic E-state index is 10.5. The molecule has 118 valence electrons. The van der Waals surface area contributed by atoms with Gasteiger partial charge in [-0.3, -0.25) is 4.98 Å². The van der Waals surface area contributed by atoms with Crippen molar-refractivity contribution in [3.8, 4) is 0 Å². The van der Waals surface area contributed by atoms with E-state index in [1.807, 2.05) is 6.20 Å². The Morgan fingerprint density at radius 1 is 1.19 bits per heavy atom. The van der Waals surface area contributed by atoms with Crippen LogP contribution in [-0.4, -0.2) is 16.2 Å². The van der Waals surface area contributed by atoms with Gasteiger partial charge in [0.25, 0.3) is 0 Å². The molecule has 1 atom stereocenters. The van der Waals surface area contributed by atoms with Gasteiger partial charge in [-0.15, -0.1) is 0 Å². The van der Waals surface area contributed by atoms with Crippen LogP contribution in [-0.2, 0) is 12.8 Å². The van der Waals surface area contributed by atoms with Crippen LogP contribution in [0.25, 0.3) is 0 Å². The topological polar surface area (TPSA) is 33.1 Å². The number of rotatable bonds is 7. The zero-order valence-electron chi connectivity index (χ0n) is 13.7. The molecule has 1 unspecified atom stereocenters. The number of hydrogen-bond donors (Lipinski definition) is 1. The van der Waals surface area contributed by atoms with Gasteiger partial charge in [0.2, 0.25) is 0 Å². The van der Waals surface area contributed by atoms with Crippen molar-refractivity contribution in [2.24, 2.45) is 11.8 Å². The molecule has 0 aliphatic heterocycles. The van der Waals surface area contributed by atoms with E-state index < -0.39 is 0 Å². The van der Waals surface area contributed by atoms with Crippen LogP contribution in [0.1, 0.15) is 70.1 Å². The molecule has 1 aromatic rings. The fraction of sp³-hybridized carbons (Fsp3) is 0.737. The fourth-order valence-electron chi connectivity index (χ4n) is 3.52. The Morgan fingerprint density at radius 2 is 1.95 bits per heavy atom. The lowest BCUT2D eigenvalue weighted by Crippen LogP contribution is -2.27. The molecule has 0 radical (unpaired) electrons. The Balaban J connectivity index is 1.77. The minimum atomic E-state index is -0.211. The van der Waals surface area contributed by atoms with Gasteiger partial charge in [-0.1, -0.05) is 52.0 Å². The van der Waals surface area contributed by atoms with Crippen LogP contribution >= 0.6 is 0 Å². The first-order valence-corrected chi connectivity index (χ1v) is 8.84.